The maximum absolute atomic E-state index is 10.9. The second kappa shape index (κ2) is 4.02. The number of carboxylic acids is 2. The summed E-state index contributed by atoms with van der Waals surface area (Å²) in [7, 11) is 0. The summed E-state index contributed by atoms with van der Waals surface area (Å²) in [6.45, 7) is 3.35. The van der Waals surface area contributed by atoms with E-state index in [1.165, 1.54) is 0 Å². The molecular formula is C11H9NO6. The fourth-order valence-electron chi connectivity index (χ4n) is 1.57. The number of aryl methyl sites for hydroxylation is 2. The average molecular weight is 251 g/mol. The van der Waals surface area contributed by atoms with Crippen LogP contribution < -0.4 is 0 Å². The lowest BCUT2D eigenvalue weighted by atomic mass is 10.2. The van der Waals surface area contributed by atoms with Gasteiger partial charge < -0.3 is 19.0 Å². The Labute approximate surface area is 101 Å². The van der Waals surface area contributed by atoms with Gasteiger partial charge in [-0.15, -0.1) is 0 Å². The molecule has 0 unspecified atom stereocenters. The van der Waals surface area contributed by atoms with Gasteiger partial charge in [0.05, 0.1) is 5.56 Å². The lowest BCUT2D eigenvalue weighted by Gasteiger charge is -1.89. The first-order chi connectivity index (χ1) is 8.40. The summed E-state index contributed by atoms with van der Waals surface area (Å²) >= 11 is 0. The van der Waals surface area contributed by atoms with Crippen LogP contribution in [0.1, 0.15) is 32.6 Å². The number of aromatic carboxylic acids is 2. The van der Waals surface area contributed by atoms with Crippen molar-refractivity contribution >= 4 is 11.9 Å². The molecular weight excluding hydrogens is 242 g/mol. The van der Waals surface area contributed by atoms with Crippen molar-refractivity contribution in [2.24, 2.45) is 0 Å². The van der Waals surface area contributed by atoms with Crippen LogP contribution in [0.25, 0.3) is 11.5 Å². The van der Waals surface area contributed by atoms with Crippen LogP contribution in [0.4, 0.5) is 0 Å². The van der Waals surface area contributed by atoms with Crippen molar-refractivity contribution in [3.63, 3.8) is 0 Å². The lowest BCUT2D eigenvalue weighted by Crippen LogP contribution is -2.05. The van der Waals surface area contributed by atoms with Gasteiger partial charge in [0.25, 0.3) is 0 Å². The molecule has 0 aliphatic rings. The smallest absolute Gasteiger partial charge is 0.374 e. The first kappa shape index (κ1) is 11.9. The van der Waals surface area contributed by atoms with Gasteiger partial charge >= 0.3 is 11.9 Å². The Bertz CT molecular complexity index is 604. The van der Waals surface area contributed by atoms with Crippen LogP contribution in [0.5, 0.6) is 0 Å². The number of hydrogen-bond donors (Lipinski definition) is 2. The average Bonchev–Trinajstić information content (AvgIpc) is 2.81. The molecule has 0 aliphatic heterocycles. The van der Waals surface area contributed by atoms with Crippen molar-refractivity contribution in [2.45, 2.75) is 13.8 Å². The summed E-state index contributed by atoms with van der Waals surface area (Å²) in [6.07, 6.45) is 0. The van der Waals surface area contributed by atoms with Crippen LogP contribution in [0, 0.1) is 13.8 Å². The van der Waals surface area contributed by atoms with Crippen molar-refractivity contribution in [3.8, 4) is 11.5 Å². The number of aromatic nitrogens is 1. The number of carboxylic acid groups (broad SMARTS) is 2. The van der Waals surface area contributed by atoms with Crippen LogP contribution in [0.15, 0.2) is 14.9 Å². The molecule has 7 nitrogen and oxygen atoms in total. The van der Waals surface area contributed by atoms with Gasteiger partial charge in [0, 0.05) is 0 Å². The Hall–Kier alpha value is -2.57. The van der Waals surface area contributed by atoms with Gasteiger partial charge in [0.1, 0.15) is 11.5 Å². The Kier molecular flexibility index (Phi) is 2.66. The highest BCUT2D eigenvalue weighted by Crippen LogP contribution is 2.27. The van der Waals surface area contributed by atoms with Crippen molar-refractivity contribution in [1.82, 2.24) is 4.98 Å². The molecule has 0 amide bonds. The molecule has 2 N–H and O–H groups in total. The van der Waals surface area contributed by atoms with Crippen molar-refractivity contribution < 1.29 is 28.6 Å². The molecule has 7 heteroatoms. The maximum atomic E-state index is 10.9. The van der Waals surface area contributed by atoms with E-state index >= 15 is 0 Å². The third-order valence-electron chi connectivity index (χ3n) is 2.30. The van der Waals surface area contributed by atoms with Gasteiger partial charge in [-0.2, -0.15) is 0 Å². The number of carbonyl (C=O) groups is 2. The molecule has 0 saturated heterocycles. The Balaban J connectivity index is 2.60. The molecule has 0 bridgehead atoms. The summed E-state index contributed by atoms with van der Waals surface area (Å²) in [5, 5.41) is 17.7. The largest absolute Gasteiger partial charge is 0.476 e. The molecule has 2 rings (SSSR count). The van der Waals surface area contributed by atoms with Crippen LogP contribution in [0.3, 0.4) is 0 Å². The minimum absolute atomic E-state index is 0.0841. The predicted octanol–water partition coefficient (Wildman–Crippen LogP) is 1.95. The molecule has 94 valence electrons. The van der Waals surface area contributed by atoms with Crippen LogP contribution in [-0.4, -0.2) is 27.1 Å². The summed E-state index contributed by atoms with van der Waals surface area (Å²) < 4.78 is 10.2. The SMILES string of the molecule is Cc1cc(-c2nc(C(=O)O)c(C(=O)O)o2)c(C)o1. The molecule has 0 aliphatic carbocycles. The fraction of sp³-hybridized carbons (Fsp3) is 0.182. The summed E-state index contributed by atoms with van der Waals surface area (Å²) in [4.78, 5) is 25.4. The molecule has 2 aromatic heterocycles. The van der Waals surface area contributed by atoms with E-state index in [1.54, 1.807) is 19.9 Å². The van der Waals surface area contributed by atoms with E-state index in [4.69, 9.17) is 19.0 Å². The van der Waals surface area contributed by atoms with Gasteiger partial charge in [0.15, 0.2) is 0 Å². The van der Waals surface area contributed by atoms with Gasteiger partial charge in [-0.05, 0) is 19.9 Å². The maximum Gasteiger partial charge on any atom is 0.374 e. The summed E-state index contributed by atoms with van der Waals surface area (Å²) in [5.74, 6) is -2.66. The quantitative estimate of drug-likeness (QED) is 0.856. The van der Waals surface area contributed by atoms with Gasteiger partial charge in [-0.25, -0.2) is 14.6 Å². The first-order valence-corrected chi connectivity index (χ1v) is 4.95. The molecule has 0 radical (unpaired) electrons. The third-order valence-corrected chi connectivity index (χ3v) is 2.30. The van der Waals surface area contributed by atoms with E-state index < -0.39 is 23.4 Å². The van der Waals surface area contributed by atoms with Crippen molar-refractivity contribution in [2.75, 3.05) is 0 Å². The zero-order chi connectivity index (χ0) is 13.4. The Morgan fingerprint density at radius 2 is 1.83 bits per heavy atom. The highest BCUT2D eigenvalue weighted by Gasteiger charge is 2.26. The normalized spacial score (nSPS) is 10.6. The van der Waals surface area contributed by atoms with Crippen LogP contribution in [0.2, 0.25) is 0 Å². The monoisotopic (exact) mass is 251 g/mol. The third kappa shape index (κ3) is 1.86. The molecule has 0 atom stereocenters. The zero-order valence-electron chi connectivity index (χ0n) is 9.55. The molecule has 18 heavy (non-hydrogen) atoms. The van der Waals surface area contributed by atoms with Crippen LogP contribution >= 0.6 is 0 Å². The minimum atomic E-state index is -1.48. The van der Waals surface area contributed by atoms with E-state index in [0.717, 1.165) is 0 Å². The zero-order valence-corrected chi connectivity index (χ0v) is 9.55. The van der Waals surface area contributed by atoms with Gasteiger partial charge in [-0.3, -0.25) is 0 Å². The van der Waals surface area contributed by atoms with Crippen LogP contribution in [-0.2, 0) is 0 Å². The summed E-state index contributed by atoms with van der Waals surface area (Å²) in [5.41, 5.74) is -0.196. The van der Waals surface area contributed by atoms with Gasteiger partial charge in [-0.1, -0.05) is 0 Å². The van der Waals surface area contributed by atoms with E-state index in [-0.39, 0.29) is 5.89 Å². The lowest BCUT2D eigenvalue weighted by molar-refractivity contribution is 0.0624. The predicted molar refractivity (Wildman–Crippen MR) is 57.6 cm³/mol. The minimum Gasteiger partial charge on any atom is -0.476 e. The second-order valence-corrected chi connectivity index (χ2v) is 3.63. The fourth-order valence-corrected chi connectivity index (χ4v) is 1.57. The number of nitrogens with zero attached hydrogens (tertiary/aromatic N) is 1. The molecule has 0 fully saturated rings. The summed E-state index contributed by atoms with van der Waals surface area (Å²) in [6, 6.07) is 1.60. The topological polar surface area (TPSA) is 114 Å². The van der Waals surface area contributed by atoms with Crippen molar-refractivity contribution in [1.29, 1.82) is 0 Å². The van der Waals surface area contributed by atoms with E-state index in [0.29, 0.717) is 17.1 Å². The number of rotatable bonds is 3. The first-order valence-electron chi connectivity index (χ1n) is 4.95. The Morgan fingerprint density at radius 1 is 1.17 bits per heavy atom. The molecule has 0 aromatic carbocycles. The van der Waals surface area contributed by atoms with E-state index in [1.807, 2.05) is 0 Å². The number of furan rings is 1. The molecule has 0 spiro atoms. The van der Waals surface area contributed by atoms with Crippen molar-refractivity contribution in [3.05, 3.63) is 29.0 Å². The Morgan fingerprint density at radius 3 is 2.22 bits per heavy atom. The molecule has 0 saturated carbocycles. The van der Waals surface area contributed by atoms with Gasteiger partial charge in [0.2, 0.25) is 17.3 Å². The van der Waals surface area contributed by atoms with E-state index in [2.05, 4.69) is 4.98 Å². The number of oxazole rings is 1. The molecule has 2 aromatic rings. The number of hydrogen-bond acceptors (Lipinski definition) is 5. The highest BCUT2D eigenvalue weighted by molar-refractivity contribution is 5.98. The standard InChI is InChI=1S/C11H9NO6/c1-4-3-6(5(2)17-4)9-12-7(10(13)14)8(18-9)11(15)16/h3H,1-2H3,(H,13,14)(H,15,16). The highest BCUT2D eigenvalue weighted by atomic mass is 16.4. The second-order valence-electron chi connectivity index (χ2n) is 3.63. The molecule has 2 heterocycles. The van der Waals surface area contributed by atoms with E-state index in [9.17, 15) is 9.59 Å².